The van der Waals surface area contributed by atoms with Crippen LogP contribution in [0.3, 0.4) is 0 Å². The summed E-state index contributed by atoms with van der Waals surface area (Å²) in [5, 5.41) is 7.44. The van der Waals surface area contributed by atoms with Gasteiger partial charge < -0.3 is 14.8 Å². The van der Waals surface area contributed by atoms with Gasteiger partial charge in [0, 0.05) is 5.02 Å². The number of rotatable bonds is 9. The highest BCUT2D eigenvalue weighted by atomic mass is 35.5. The third-order valence-corrected chi connectivity index (χ3v) is 5.39. The Kier molecular flexibility index (Phi) is 9.52. The Bertz CT molecular complexity index is 1190. The van der Waals surface area contributed by atoms with Crippen LogP contribution in [0.1, 0.15) is 36.6 Å². The molecule has 0 aliphatic carbocycles. The molecule has 182 valence electrons. The lowest BCUT2D eigenvalue weighted by atomic mass is 10.1. The van der Waals surface area contributed by atoms with Crippen LogP contribution in [0.25, 0.3) is 0 Å². The van der Waals surface area contributed by atoms with Crippen molar-refractivity contribution in [2.75, 3.05) is 6.61 Å². The maximum atomic E-state index is 12.2. The van der Waals surface area contributed by atoms with Crippen LogP contribution in [-0.4, -0.2) is 24.6 Å². The van der Waals surface area contributed by atoms with Crippen LogP contribution in [-0.2, 0) is 16.2 Å². The quantitative estimate of drug-likeness (QED) is 0.231. The number of hydrogen-bond donors (Lipinski definition) is 2. The Hall–Kier alpha value is -3.55. The minimum Gasteiger partial charge on any atom is -0.490 e. The lowest BCUT2D eigenvalue weighted by molar-refractivity contribution is -0.139. The van der Waals surface area contributed by atoms with Crippen LogP contribution in [0.15, 0.2) is 71.8 Å². The number of nitrogens with one attached hydrogen (secondary N) is 2. The van der Waals surface area contributed by atoms with E-state index in [2.05, 4.69) is 15.8 Å². The highest BCUT2D eigenvalue weighted by molar-refractivity contribution is 6.35. The largest absolute Gasteiger partial charge is 0.490 e. The zero-order valence-corrected chi connectivity index (χ0v) is 20.8. The molecule has 0 fully saturated rings. The summed E-state index contributed by atoms with van der Waals surface area (Å²) >= 11 is 12.4. The van der Waals surface area contributed by atoms with Gasteiger partial charge in [-0.05, 0) is 54.8 Å². The zero-order valence-electron chi connectivity index (χ0n) is 19.3. The normalized spacial score (nSPS) is 11.7. The van der Waals surface area contributed by atoms with Gasteiger partial charge in [0.2, 0.25) is 0 Å². The topological polar surface area (TPSA) is 89.0 Å². The summed E-state index contributed by atoms with van der Waals surface area (Å²) < 4.78 is 11.6. The number of hydrazone groups is 1. The van der Waals surface area contributed by atoms with Gasteiger partial charge in [0.05, 0.1) is 23.9 Å². The molecule has 0 radical (unpaired) electrons. The summed E-state index contributed by atoms with van der Waals surface area (Å²) in [6.07, 6.45) is 1.36. The van der Waals surface area contributed by atoms with Crippen molar-refractivity contribution in [3.05, 3.63) is 93.5 Å². The number of nitrogens with zero attached hydrogens (tertiary/aromatic N) is 1. The van der Waals surface area contributed by atoms with Gasteiger partial charge in [-0.2, -0.15) is 5.10 Å². The average Bonchev–Trinajstić information content (AvgIpc) is 2.85. The molecule has 2 N–H and O–H groups in total. The van der Waals surface area contributed by atoms with Gasteiger partial charge in [0.25, 0.3) is 0 Å². The summed E-state index contributed by atoms with van der Waals surface area (Å²) in [6.45, 7) is 4.30. The predicted octanol–water partition coefficient (Wildman–Crippen LogP) is 5.30. The average molecular weight is 514 g/mol. The summed E-state index contributed by atoms with van der Waals surface area (Å²) in [7, 11) is 0. The molecule has 0 saturated carbocycles. The van der Waals surface area contributed by atoms with Crippen LogP contribution in [0.5, 0.6) is 11.5 Å². The summed E-state index contributed by atoms with van der Waals surface area (Å²) in [4.78, 5) is 24.3. The second-order valence-electron chi connectivity index (χ2n) is 7.48. The zero-order chi connectivity index (χ0) is 25.2. The molecule has 0 saturated heterocycles. The third kappa shape index (κ3) is 7.73. The Balaban J connectivity index is 1.62. The smallest absolute Gasteiger partial charge is 0.329 e. The highest BCUT2D eigenvalue weighted by Crippen LogP contribution is 2.37. The van der Waals surface area contributed by atoms with E-state index in [0.29, 0.717) is 33.7 Å². The van der Waals surface area contributed by atoms with Crippen molar-refractivity contribution in [2.24, 2.45) is 5.10 Å². The molecule has 0 aliphatic heterocycles. The Morgan fingerprint density at radius 2 is 1.71 bits per heavy atom. The van der Waals surface area contributed by atoms with Gasteiger partial charge in [-0.3, -0.25) is 9.59 Å². The van der Waals surface area contributed by atoms with Crippen LogP contribution in [0.2, 0.25) is 10.0 Å². The first kappa shape index (κ1) is 26.1. The van der Waals surface area contributed by atoms with Crippen LogP contribution >= 0.6 is 23.2 Å². The number of carbonyl (C=O) groups excluding carboxylic acids is 2. The highest BCUT2D eigenvalue weighted by Gasteiger charge is 2.17. The molecule has 9 heteroatoms. The Morgan fingerprint density at radius 1 is 1.00 bits per heavy atom. The van der Waals surface area contributed by atoms with Crippen molar-refractivity contribution >= 4 is 41.2 Å². The second-order valence-corrected chi connectivity index (χ2v) is 8.33. The Morgan fingerprint density at radius 3 is 2.40 bits per heavy atom. The van der Waals surface area contributed by atoms with Crippen molar-refractivity contribution in [3.63, 3.8) is 0 Å². The first-order valence-corrected chi connectivity index (χ1v) is 11.7. The fourth-order valence-corrected chi connectivity index (χ4v) is 3.50. The molecule has 1 atom stereocenters. The molecule has 0 heterocycles. The molecule has 3 aromatic carbocycles. The van der Waals surface area contributed by atoms with Crippen molar-refractivity contribution in [1.29, 1.82) is 0 Å². The molecule has 35 heavy (non-hydrogen) atoms. The molecule has 7 nitrogen and oxygen atoms in total. The van der Waals surface area contributed by atoms with Crippen LogP contribution < -0.4 is 20.2 Å². The maximum Gasteiger partial charge on any atom is 0.329 e. The van der Waals surface area contributed by atoms with Gasteiger partial charge in [-0.25, -0.2) is 5.43 Å². The van der Waals surface area contributed by atoms with Crippen molar-refractivity contribution < 1.29 is 19.1 Å². The molecule has 0 aliphatic rings. The molecule has 0 spiro atoms. The molecule has 0 bridgehead atoms. The van der Waals surface area contributed by atoms with Gasteiger partial charge in [-0.15, -0.1) is 0 Å². The monoisotopic (exact) mass is 513 g/mol. The predicted molar refractivity (Wildman–Crippen MR) is 137 cm³/mol. The molecule has 0 aromatic heterocycles. The number of carbonyl (C=O) groups is 2. The lowest BCUT2D eigenvalue weighted by Gasteiger charge is -2.14. The summed E-state index contributed by atoms with van der Waals surface area (Å²) in [5.74, 6) is -0.865. The number of amides is 2. The maximum absolute atomic E-state index is 12.2. The van der Waals surface area contributed by atoms with Crippen molar-refractivity contribution in [3.8, 4) is 11.5 Å². The van der Waals surface area contributed by atoms with Crippen LogP contribution in [0, 0.1) is 0 Å². The lowest BCUT2D eigenvalue weighted by Crippen LogP contribution is -2.39. The van der Waals surface area contributed by atoms with E-state index in [0.717, 1.165) is 11.1 Å². The standard InChI is InChI=1S/C26H25Cl2N3O4/c1-3-34-23-14-19(13-22(28)24(23)35-16-18-9-11-21(27)12-10-18)15-29-31-26(33)25(32)30-17(2)20-7-5-4-6-8-20/h4-15,17H,3,16H2,1-2H3,(H,30,32)(H,31,33)/b29-15-/t17-/m0/s1. The number of benzene rings is 3. The Labute approximate surface area is 214 Å². The fourth-order valence-electron chi connectivity index (χ4n) is 3.11. The molecule has 3 rings (SSSR count). The molecule has 3 aromatic rings. The summed E-state index contributed by atoms with van der Waals surface area (Å²) in [6, 6.07) is 19.6. The van der Waals surface area contributed by atoms with E-state index in [1.165, 1.54) is 6.21 Å². The van der Waals surface area contributed by atoms with Gasteiger partial charge in [0.1, 0.15) is 6.61 Å². The van der Waals surface area contributed by atoms with E-state index >= 15 is 0 Å². The third-order valence-electron chi connectivity index (χ3n) is 4.86. The van der Waals surface area contributed by atoms with Gasteiger partial charge >= 0.3 is 11.8 Å². The molecule has 0 unspecified atom stereocenters. The van der Waals surface area contributed by atoms with E-state index < -0.39 is 11.8 Å². The van der Waals surface area contributed by atoms with Crippen molar-refractivity contribution in [2.45, 2.75) is 26.5 Å². The molecule has 2 amide bonds. The SMILES string of the molecule is CCOc1cc(/C=N\NC(=O)C(=O)N[C@@H](C)c2ccccc2)cc(Cl)c1OCc1ccc(Cl)cc1. The van der Waals surface area contributed by atoms with Crippen molar-refractivity contribution in [1.82, 2.24) is 10.7 Å². The molecular weight excluding hydrogens is 489 g/mol. The van der Waals surface area contributed by atoms with E-state index in [1.54, 1.807) is 31.2 Å². The fraction of sp³-hybridized carbons (Fsp3) is 0.192. The first-order chi connectivity index (χ1) is 16.9. The second kappa shape index (κ2) is 12.8. The van der Waals surface area contributed by atoms with E-state index in [-0.39, 0.29) is 12.6 Å². The van der Waals surface area contributed by atoms with E-state index in [1.807, 2.05) is 49.4 Å². The van der Waals surface area contributed by atoms with Gasteiger partial charge in [-0.1, -0.05) is 65.7 Å². The number of halogens is 2. The van der Waals surface area contributed by atoms with E-state index in [9.17, 15) is 9.59 Å². The van der Waals surface area contributed by atoms with E-state index in [4.69, 9.17) is 32.7 Å². The number of hydrogen-bond acceptors (Lipinski definition) is 5. The van der Waals surface area contributed by atoms with Crippen LogP contribution in [0.4, 0.5) is 0 Å². The first-order valence-electron chi connectivity index (χ1n) is 10.9. The minimum absolute atomic E-state index is 0.275. The van der Waals surface area contributed by atoms with Gasteiger partial charge in [0.15, 0.2) is 11.5 Å². The minimum atomic E-state index is -0.886. The number of ether oxygens (including phenoxy) is 2. The summed E-state index contributed by atoms with van der Waals surface area (Å²) in [5.41, 5.74) is 4.57. The molecular formula is C26H25Cl2N3O4.